The zero-order valence-corrected chi connectivity index (χ0v) is 20.5. The number of hydrogen-bond acceptors (Lipinski definition) is 5. The fraction of sp³-hybridized carbons (Fsp3) is 0.0968. The van der Waals surface area contributed by atoms with Gasteiger partial charge in [0.25, 0.3) is 5.91 Å². The maximum atomic E-state index is 14.1. The van der Waals surface area contributed by atoms with E-state index in [-0.39, 0.29) is 5.91 Å². The Morgan fingerprint density at radius 1 is 0.838 bits per heavy atom. The maximum Gasteiger partial charge on any atom is 0.304 e. The van der Waals surface area contributed by atoms with Gasteiger partial charge in [0.1, 0.15) is 0 Å². The molecule has 0 saturated carbocycles. The summed E-state index contributed by atoms with van der Waals surface area (Å²) < 4.78 is 5.51. The molecular weight excluding hydrogens is 462 g/mol. The number of ether oxygens (including phenoxy) is 1. The third-order valence-electron chi connectivity index (χ3n) is 6.07. The summed E-state index contributed by atoms with van der Waals surface area (Å²) in [6.07, 6.45) is 0.787. The number of esters is 1. The summed E-state index contributed by atoms with van der Waals surface area (Å²) in [4.78, 5) is 35.5. The summed E-state index contributed by atoms with van der Waals surface area (Å²) in [5, 5.41) is 3.63. The summed E-state index contributed by atoms with van der Waals surface area (Å²) in [5.41, 5.74) is 5.64. The van der Waals surface area contributed by atoms with Crippen molar-refractivity contribution in [1.29, 1.82) is 0 Å². The number of aromatic nitrogens is 2. The minimum absolute atomic E-state index is 0.380. The molecule has 2 heterocycles. The number of nitrogens with zero attached hydrogens (tertiary/aromatic N) is 2. The molecule has 1 atom stereocenters. The molecule has 1 unspecified atom stereocenters. The van der Waals surface area contributed by atoms with Crippen LogP contribution in [0.25, 0.3) is 33.3 Å². The van der Waals surface area contributed by atoms with Gasteiger partial charge in [-0.3, -0.25) is 19.6 Å². The highest BCUT2D eigenvalue weighted by molar-refractivity contribution is 6.13. The Morgan fingerprint density at radius 3 is 2.24 bits per heavy atom. The van der Waals surface area contributed by atoms with Crippen molar-refractivity contribution in [1.82, 2.24) is 15.3 Å². The van der Waals surface area contributed by atoms with Gasteiger partial charge >= 0.3 is 5.97 Å². The molecule has 6 nitrogen and oxygen atoms in total. The van der Waals surface area contributed by atoms with E-state index in [1.165, 1.54) is 6.92 Å². The van der Waals surface area contributed by atoms with Crippen LogP contribution >= 0.6 is 0 Å². The number of hydrogen-bond donors (Lipinski definition) is 1. The molecule has 0 fully saturated rings. The molecule has 0 aliphatic rings. The zero-order chi connectivity index (χ0) is 25.8. The molecule has 1 amide bonds. The van der Waals surface area contributed by atoms with Gasteiger partial charge in [-0.15, -0.1) is 0 Å². The van der Waals surface area contributed by atoms with Crippen molar-refractivity contribution in [2.45, 2.75) is 20.1 Å². The van der Waals surface area contributed by atoms with Crippen molar-refractivity contribution in [2.75, 3.05) is 0 Å². The van der Waals surface area contributed by atoms with Crippen LogP contribution in [0.5, 0.6) is 0 Å². The number of aryl methyl sites for hydroxylation is 1. The quantitative estimate of drug-likeness (QED) is 0.226. The third kappa shape index (κ3) is 4.95. The number of fused-ring (bicyclic) bond motifs is 1. The van der Waals surface area contributed by atoms with E-state index in [1.54, 1.807) is 18.3 Å². The number of amides is 1. The fourth-order valence-corrected chi connectivity index (χ4v) is 4.50. The molecule has 0 saturated heterocycles. The lowest BCUT2D eigenvalue weighted by Gasteiger charge is -2.22. The van der Waals surface area contributed by atoms with Crippen LogP contribution in [-0.4, -0.2) is 21.8 Å². The Balaban J connectivity index is 1.71. The van der Waals surface area contributed by atoms with Crippen LogP contribution in [0.15, 0.2) is 103 Å². The number of rotatable bonds is 6. The van der Waals surface area contributed by atoms with Crippen LogP contribution in [0, 0.1) is 6.92 Å². The first-order valence-electron chi connectivity index (χ1n) is 12.0. The van der Waals surface area contributed by atoms with E-state index in [1.807, 2.05) is 91.9 Å². The number of carbonyl (C=O) groups is 2. The minimum atomic E-state index is -0.950. The van der Waals surface area contributed by atoms with E-state index in [4.69, 9.17) is 9.72 Å². The van der Waals surface area contributed by atoms with Gasteiger partial charge in [0, 0.05) is 46.5 Å². The predicted molar refractivity (Wildman–Crippen MR) is 144 cm³/mol. The molecule has 0 aliphatic heterocycles. The van der Waals surface area contributed by atoms with E-state index >= 15 is 0 Å². The molecule has 3 aromatic carbocycles. The molecule has 2 aromatic heterocycles. The summed E-state index contributed by atoms with van der Waals surface area (Å²) >= 11 is 0. The number of pyridine rings is 2. The highest BCUT2D eigenvalue weighted by Gasteiger charge is 2.26. The lowest BCUT2D eigenvalue weighted by atomic mass is 9.91. The van der Waals surface area contributed by atoms with Gasteiger partial charge in [-0.1, -0.05) is 84.9 Å². The van der Waals surface area contributed by atoms with Crippen LogP contribution in [0.3, 0.4) is 0 Å². The normalized spacial score (nSPS) is 11.6. The number of carbonyl (C=O) groups excluding carboxylic acids is 2. The molecule has 0 bridgehead atoms. The van der Waals surface area contributed by atoms with Crippen molar-refractivity contribution >= 4 is 22.8 Å². The van der Waals surface area contributed by atoms with Gasteiger partial charge in [-0.25, -0.2) is 0 Å². The molecular formula is C31H25N3O3. The van der Waals surface area contributed by atoms with Gasteiger partial charge < -0.3 is 10.1 Å². The third-order valence-corrected chi connectivity index (χ3v) is 6.07. The summed E-state index contributed by atoms with van der Waals surface area (Å²) in [5.74, 6) is -0.876. The van der Waals surface area contributed by atoms with Crippen LogP contribution in [0.2, 0.25) is 0 Å². The summed E-state index contributed by atoms with van der Waals surface area (Å²) in [7, 11) is 0. The maximum absolute atomic E-state index is 14.1. The Morgan fingerprint density at radius 2 is 1.51 bits per heavy atom. The number of benzene rings is 3. The number of para-hydroxylation sites is 1. The summed E-state index contributed by atoms with van der Waals surface area (Å²) in [6, 6.07) is 30.3. The monoisotopic (exact) mass is 487 g/mol. The molecule has 5 rings (SSSR count). The van der Waals surface area contributed by atoms with Gasteiger partial charge in [0.05, 0.1) is 16.8 Å². The second kappa shape index (κ2) is 10.4. The first-order chi connectivity index (χ1) is 18.0. The second-order valence-corrected chi connectivity index (χ2v) is 8.60. The average Bonchev–Trinajstić information content (AvgIpc) is 2.92. The summed E-state index contributed by atoms with van der Waals surface area (Å²) in [6.45, 7) is 3.21. The average molecular weight is 488 g/mol. The Bertz CT molecular complexity index is 1580. The lowest BCUT2D eigenvalue weighted by Crippen LogP contribution is -2.32. The first kappa shape index (κ1) is 23.9. The highest BCUT2D eigenvalue weighted by Crippen LogP contribution is 2.37. The predicted octanol–water partition coefficient (Wildman–Crippen LogP) is 6.26. The Hall–Kier alpha value is -4.84. The fourth-order valence-electron chi connectivity index (χ4n) is 4.50. The molecule has 182 valence electrons. The lowest BCUT2D eigenvalue weighted by molar-refractivity contribution is -0.147. The minimum Gasteiger partial charge on any atom is -0.437 e. The topological polar surface area (TPSA) is 81.2 Å². The van der Waals surface area contributed by atoms with E-state index in [9.17, 15) is 9.59 Å². The molecule has 0 spiro atoms. The van der Waals surface area contributed by atoms with Crippen molar-refractivity contribution in [2.24, 2.45) is 0 Å². The van der Waals surface area contributed by atoms with E-state index in [0.717, 1.165) is 16.8 Å². The van der Waals surface area contributed by atoms with Gasteiger partial charge in [0.15, 0.2) is 0 Å². The molecule has 0 aliphatic carbocycles. The molecule has 1 N–H and O–H groups in total. The van der Waals surface area contributed by atoms with Crippen LogP contribution in [-0.2, 0) is 9.53 Å². The second-order valence-electron chi connectivity index (χ2n) is 8.60. The molecule has 0 radical (unpaired) electrons. The van der Waals surface area contributed by atoms with Crippen molar-refractivity contribution in [3.05, 3.63) is 120 Å². The SMILES string of the molecule is CC(=O)OC(NC(=O)c1c(-c2cccnc2-c2ccccc2)c(C)nc2ccccc12)c1ccccc1. The van der Waals surface area contributed by atoms with Gasteiger partial charge in [-0.05, 0) is 19.1 Å². The standard InChI is InChI=1S/C31H25N3O3/c1-20-27(25-17-11-19-32-29(25)22-12-5-3-6-13-22)28(24-16-9-10-18-26(24)33-20)30(36)34-31(37-21(2)35)23-14-7-4-8-15-23/h3-19,31H,1-2H3,(H,34,36). The van der Waals surface area contributed by atoms with E-state index in [2.05, 4.69) is 10.3 Å². The van der Waals surface area contributed by atoms with Crippen molar-refractivity contribution < 1.29 is 14.3 Å². The zero-order valence-electron chi connectivity index (χ0n) is 20.5. The molecule has 6 heteroatoms. The van der Waals surface area contributed by atoms with Crippen LogP contribution in [0.4, 0.5) is 0 Å². The molecule has 37 heavy (non-hydrogen) atoms. The van der Waals surface area contributed by atoms with Crippen LogP contribution in [0.1, 0.15) is 34.8 Å². The number of nitrogens with one attached hydrogen (secondary N) is 1. The van der Waals surface area contributed by atoms with Crippen LogP contribution < -0.4 is 5.32 Å². The van der Waals surface area contributed by atoms with Crippen molar-refractivity contribution in [3.63, 3.8) is 0 Å². The largest absolute Gasteiger partial charge is 0.437 e. The highest BCUT2D eigenvalue weighted by atomic mass is 16.6. The van der Waals surface area contributed by atoms with Gasteiger partial charge in [0.2, 0.25) is 6.23 Å². The first-order valence-corrected chi connectivity index (χ1v) is 12.0. The Labute approximate surface area is 215 Å². The Kier molecular flexibility index (Phi) is 6.72. The smallest absolute Gasteiger partial charge is 0.304 e. The van der Waals surface area contributed by atoms with Gasteiger partial charge in [-0.2, -0.15) is 0 Å². The van der Waals surface area contributed by atoms with Crippen molar-refractivity contribution in [3.8, 4) is 22.4 Å². The van der Waals surface area contributed by atoms with E-state index < -0.39 is 12.2 Å². The van der Waals surface area contributed by atoms with E-state index in [0.29, 0.717) is 33.3 Å². The molecule has 5 aromatic rings.